The first-order chi connectivity index (χ1) is 27.6. The number of benzene rings is 2. The molecule has 6 aliphatic rings. The van der Waals surface area contributed by atoms with Crippen LogP contribution in [0.1, 0.15) is 248 Å². The summed E-state index contributed by atoms with van der Waals surface area (Å²) in [6, 6.07) is 17.1. The van der Waals surface area contributed by atoms with Gasteiger partial charge in [-0.15, -0.1) is 0 Å². The predicted molar refractivity (Wildman–Crippen MR) is 232 cm³/mol. The molecule has 0 bridgehead atoms. The van der Waals surface area contributed by atoms with E-state index in [4.69, 9.17) is 25.8 Å². The van der Waals surface area contributed by atoms with Gasteiger partial charge >= 0.3 is 0 Å². The van der Waals surface area contributed by atoms with Gasteiger partial charge in [0.15, 0.2) is 0 Å². The fourth-order valence-electron chi connectivity index (χ4n) is 12.1. The van der Waals surface area contributed by atoms with E-state index in [2.05, 4.69) is 56.3 Å². The second-order valence-electron chi connectivity index (χ2n) is 18.8. The van der Waals surface area contributed by atoms with Gasteiger partial charge in [0.25, 0.3) is 0 Å². The Balaban J connectivity index is 0.00000163. The molecule has 6 heteroatoms. The summed E-state index contributed by atoms with van der Waals surface area (Å²) in [7, 11) is 0. The molecule has 305 valence electrons. The van der Waals surface area contributed by atoms with Crippen LogP contribution >= 0.6 is 0 Å². The van der Waals surface area contributed by atoms with Crippen LogP contribution in [0, 0.1) is 10.8 Å². The van der Waals surface area contributed by atoms with Gasteiger partial charge in [-0.1, -0.05) is 107 Å². The SMILES string of the molecule is CC(=Nc1c(C2CCCC2)cc(C2CCCC2)cc1C1CCCC1)c1cccc(C(C)=Nc2c(C3CCCC3)cc(C3CCCC3)cc2C2CCCC2)n1.N#N.[Co]. The molecule has 0 saturated heterocycles. The average Bonchev–Trinajstić information content (AvgIpc) is 4.08. The number of rotatable bonds is 10. The molecule has 0 atom stereocenters. The van der Waals surface area contributed by atoms with Gasteiger partial charge in [0.1, 0.15) is 0 Å². The molecule has 0 unspecified atom stereocenters. The first-order valence-corrected chi connectivity index (χ1v) is 23.2. The Morgan fingerprint density at radius 2 is 0.684 bits per heavy atom. The summed E-state index contributed by atoms with van der Waals surface area (Å²) in [5.41, 5.74) is 16.2. The molecule has 0 N–H and O–H groups in total. The number of hydrogen-bond donors (Lipinski definition) is 0. The number of hydrogen-bond acceptors (Lipinski definition) is 5. The Kier molecular flexibility index (Phi) is 14.5. The van der Waals surface area contributed by atoms with E-state index in [1.165, 1.54) is 165 Å². The Labute approximate surface area is 354 Å². The third-order valence-electron chi connectivity index (χ3n) is 15.3. The molecular weight excluding hydrogens is 742 g/mol. The maximum atomic E-state index is 6.00. The number of aliphatic imine (C=N–C) groups is 2. The predicted octanol–water partition coefficient (Wildman–Crippen LogP) is 15.3. The van der Waals surface area contributed by atoms with Crippen molar-refractivity contribution in [2.24, 2.45) is 9.98 Å². The van der Waals surface area contributed by atoms with Gasteiger partial charge in [-0.3, -0.25) is 9.98 Å². The van der Waals surface area contributed by atoms with Crippen LogP contribution in [0.5, 0.6) is 0 Å². The Morgan fingerprint density at radius 3 is 0.947 bits per heavy atom. The van der Waals surface area contributed by atoms with Crippen molar-refractivity contribution in [1.29, 1.82) is 10.8 Å². The Hall–Kier alpha value is -3.14. The molecule has 57 heavy (non-hydrogen) atoms. The van der Waals surface area contributed by atoms with Crippen LogP contribution < -0.4 is 0 Å². The van der Waals surface area contributed by atoms with Gasteiger partial charge in [0, 0.05) is 27.6 Å². The zero-order valence-corrected chi connectivity index (χ0v) is 36.1. The fraction of sp³-hybridized carbons (Fsp3) is 0.627. The van der Waals surface area contributed by atoms with E-state index in [1.807, 2.05) is 0 Å². The van der Waals surface area contributed by atoms with Crippen molar-refractivity contribution in [3.05, 3.63) is 87.2 Å². The fourth-order valence-corrected chi connectivity index (χ4v) is 12.1. The van der Waals surface area contributed by atoms with Crippen molar-refractivity contribution >= 4 is 22.8 Å². The van der Waals surface area contributed by atoms with Crippen LogP contribution in [0.2, 0.25) is 0 Å². The maximum Gasteiger partial charge on any atom is 0.0849 e. The van der Waals surface area contributed by atoms with E-state index in [1.54, 1.807) is 33.4 Å². The molecule has 3 aromatic rings. The summed E-state index contributed by atoms with van der Waals surface area (Å²) in [5, 5.41) is 12.0. The minimum Gasteiger partial charge on any atom is -0.251 e. The van der Waals surface area contributed by atoms with Gasteiger partial charge in [0.2, 0.25) is 0 Å². The third kappa shape index (κ3) is 9.36. The van der Waals surface area contributed by atoms with Crippen LogP contribution in [0.3, 0.4) is 0 Å². The minimum atomic E-state index is 0. The van der Waals surface area contributed by atoms with Crippen molar-refractivity contribution in [2.75, 3.05) is 0 Å². The largest absolute Gasteiger partial charge is 0.251 e. The van der Waals surface area contributed by atoms with Crippen molar-refractivity contribution in [1.82, 2.24) is 4.98 Å². The van der Waals surface area contributed by atoms with Crippen LogP contribution in [0.15, 0.2) is 52.4 Å². The molecule has 0 spiro atoms. The standard InChI is InChI=1S/C51H67N3.Co.N2/c1-34(52-50-44(38-20-7-8-21-38)30-42(36-16-3-4-17-36)31-45(50)39-22-9-10-23-39)48-28-15-29-49(54-48)35(2)53-51-46(40-24-11-12-25-40)32-43(37-18-5-6-19-37)33-47(51)41-26-13-14-27-41;;1-2/h15,28-33,36-41H,3-14,16-27H2,1-2H3;;. The molecule has 6 fully saturated rings. The minimum absolute atomic E-state index is 0. The van der Waals surface area contributed by atoms with Crippen molar-refractivity contribution in [3.63, 3.8) is 0 Å². The summed E-state index contributed by atoms with van der Waals surface area (Å²) in [6.07, 6.45) is 32.4. The molecule has 2 aromatic carbocycles. The number of pyridine rings is 1. The molecule has 6 aliphatic carbocycles. The van der Waals surface area contributed by atoms with Crippen LogP contribution in [0.4, 0.5) is 11.4 Å². The van der Waals surface area contributed by atoms with E-state index in [9.17, 15) is 0 Å². The van der Waals surface area contributed by atoms with Crippen LogP contribution in [0.25, 0.3) is 0 Å². The maximum absolute atomic E-state index is 6.00. The summed E-state index contributed by atoms with van der Waals surface area (Å²) in [6.45, 7) is 4.44. The molecule has 5 nitrogen and oxygen atoms in total. The first kappa shape index (κ1) is 42.0. The number of nitrogens with zero attached hydrogens (tertiary/aromatic N) is 5. The van der Waals surface area contributed by atoms with E-state index in [0.29, 0.717) is 23.7 Å². The van der Waals surface area contributed by atoms with Gasteiger partial charge in [-0.05, 0) is 172 Å². The smallest absolute Gasteiger partial charge is 0.0849 e. The van der Waals surface area contributed by atoms with Gasteiger partial charge in [-0.25, -0.2) is 4.98 Å². The summed E-state index contributed by atoms with van der Waals surface area (Å²) in [4.78, 5) is 16.7. The van der Waals surface area contributed by atoms with Crippen molar-refractivity contribution < 1.29 is 16.8 Å². The number of aromatic nitrogens is 1. The zero-order chi connectivity index (χ0) is 38.4. The second kappa shape index (κ2) is 19.7. The molecule has 9 rings (SSSR count). The van der Waals surface area contributed by atoms with Gasteiger partial charge in [0.05, 0.1) is 34.2 Å². The third-order valence-corrected chi connectivity index (χ3v) is 15.3. The summed E-state index contributed by atoms with van der Waals surface area (Å²) >= 11 is 0. The normalized spacial score (nSPS) is 22.0. The molecule has 0 aliphatic heterocycles. The second-order valence-corrected chi connectivity index (χ2v) is 18.8. The summed E-state index contributed by atoms with van der Waals surface area (Å²) in [5.74, 6) is 4.08. The van der Waals surface area contributed by atoms with E-state index in [-0.39, 0.29) is 16.8 Å². The Bertz CT molecular complexity index is 1680. The van der Waals surface area contributed by atoms with Crippen LogP contribution in [-0.2, 0) is 16.8 Å². The molecule has 6 saturated carbocycles. The molecular formula is C51H67CoN5. The monoisotopic (exact) mass is 808 g/mol. The quantitative estimate of drug-likeness (QED) is 0.151. The summed E-state index contributed by atoms with van der Waals surface area (Å²) < 4.78 is 0. The molecule has 0 amide bonds. The first-order valence-electron chi connectivity index (χ1n) is 23.2. The van der Waals surface area contributed by atoms with E-state index in [0.717, 1.165) is 34.6 Å². The van der Waals surface area contributed by atoms with E-state index < -0.39 is 0 Å². The molecule has 1 heterocycles. The average molecular weight is 809 g/mol. The molecule has 1 aromatic heterocycles. The zero-order valence-electron chi connectivity index (χ0n) is 35.0. The van der Waals surface area contributed by atoms with Gasteiger partial charge < -0.3 is 0 Å². The van der Waals surface area contributed by atoms with Crippen LogP contribution in [-0.4, -0.2) is 16.4 Å². The van der Waals surface area contributed by atoms with Crippen molar-refractivity contribution in [2.45, 2.75) is 203 Å². The van der Waals surface area contributed by atoms with Crippen molar-refractivity contribution in [3.8, 4) is 0 Å². The topological polar surface area (TPSA) is 85.2 Å². The molecule has 1 radical (unpaired) electrons. The van der Waals surface area contributed by atoms with E-state index >= 15 is 0 Å². The van der Waals surface area contributed by atoms with Gasteiger partial charge in [-0.2, -0.15) is 0 Å². The Morgan fingerprint density at radius 1 is 0.439 bits per heavy atom.